The maximum Gasteiger partial charge on any atom is 0.188 e. The second-order valence-corrected chi connectivity index (χ2v) is 11.8. The lowest BCUT2D eigenvalue weighted by Crippen LogP contribution is -2.60. The van der Waals surface area contributed by atoms with Crippen LogP contribution in [0.15, 0.2) is 41.3 Å². The minimum Gasteiger partial charge on any atom is -0.493 e. The van der Waals surface area contributed by atoms with E-state index in [-0.39, 0.29) is 11.3 Å². The SMILES string of the molecule is Cc1ccc(C)c2c1OC[C@H]1C3(CCC3)CCC[C@@]21S(=O)(=O)c1ccc(Cl)cc1. The smallest absolute Gasteiger partial charge is 0.188 e. The maximum absolute atomic E-state index is 14.4. The molecule has 1 aliphatic heterocycles. The van der Waals surface area contributed by atoms with E-state index < -0.39 is 14.6 Å². The summed E-state index contributed by atoms with van der Waals surface area (Å²) in [5.74, 6) is 0.779. The third-order valence-corrected chi connectivity index (χ3v) is 10.7. The molecule has 1 heterocycles. The first-order chi connectivity index (χ1) is 13.8. The quantitative estimate of drug-likeness (QED) is 0.587. The van der Waals surface area contributed by atoms with E-state index in [0.717, 1.165) is 48.1 Å². The summed E-state index contributed by atoms with van der Waals surface area (Å²) >= 11 is 6.07. The van der Waals surface area contributed by atoms with Crippen LogP contribution in [-0.2, 0) is 14.6 Å². The first kappa shape index (κ1) is 19.4. The molecule has 5 heteroatoms. The Hall–Kier alpha value is -1.52. The van der Waals surface area contributed by atoms with Crippen LogP contribution in [0.2, 0.25) is 5.02 Å². The van der Waals surface area contributed by atoms with E-state index in [1.165, 1.54) is 6.42 Å². The van der Waals surface area contributed by atoms with E-state index in [1.54, 1.807) is 24.3 Å². The second-order valence-electron chi connectivity index (χ2n) is 9.18. The maximum atomic E-state index is 14.4. The normalized spacial score (nSPS) is 27.5. The zero-order valence-corrected chi connectivity index (χ0v) is 18.6. The molecule has 1 spiro atoms. The van der Waals surface area contributed by atoms with Crippen molar-refractivity contribution in [2.24, 2.45) is 11.3 Å². The van der Waals surface area contributed by atoms with Gasteiger partial charge in [-0.15, -0.1) is 0 Å². The molecule has 3 aliphatic rings. The zero-order valence-electron chi connectivity index (χ0n) is 17.0. The van der Waals surface area contributed by atoms with E-state index in [4.69, 9.17) is 16.3 Å². The highest BCUT2D eigenvalue weighted by Gasteiger charge is 2.65. The highest BCUT2D eigenvalue weighted by atomic mass is 35.5. The molecule has 2 fully saturated rings. The molecule has 0 amide bonds. The second kappa shape index (κ2) is 6.49. The van der Waals surface area contributed by atoms with Crippen LogP contribution in [0.25, 0.3) is 0 Å². The van der Waals surface area contributed by atoms with Gasteiger partial charge >= 0.3 is 0 Å². The molecule has 2 aromatic carbocycles. The molecule has 3 nitrogen and oxygen atoms in total. The number of rotatable bonds is 2. The Morgan fingerprint density at radius 2 is 1.55 bits per heavy atom. The van der Waals surface area contributed by atoms with E-state index in [2.05, 4.69) is 6.07 Å². The predicted molar refractivity (Wildman–Crippen MR) is 115 cm³/mol. The van der Waals surface area contributed by atoms with Crippen molar-refractivity contribution >= 4 is 21.4 Å². The van der Waals surface area contributed by atoms with Gasteiger partial charge in [0.05, 0.1) is 11.5 Å². The summed E-state index contributed by atoms with van der Waals surface area (Å²) in [4.78, 5) is 0.372. The summed E-state index contributed by atoms with van der Waals surface area (Å²) in [5, 5.41) is 0.552. The summed E-state index contributed by atoms with van der Waals surface area (Å²) in [6.07, 6.45) is 6.12. The van der Waals surface area contributed by atoms with Crippen molar-refractivity contribution < 1.29 is 13.2 Å². The summed E-state index contributed by atoms with van der Waals surface area (Å²) in [6, 6.07) is 10.8. The zero-order chi connectivity index (χ0) is 20.4. The van der Waals surface area contributed by atoms with Crippen molar-refractivity contribution in [2.45, 2.75) is 62.0 Å². The van der Waals surface area contributed by atoms with Gasteiger partial charge in [0.15, 0.2) is 9.84 Å². The Morgan fingerprint density at radius 3 is 2.21 bits per heavy atom. The Kier molecular flexibility index (Phi) is 4.35. The molecule has 2 aromatic rings. The molecule has 0 saturated heterocycles. The van der Waals surface area contributed by atoms with Crippen LogP contribution in [0.4, 0.5) is 0 Å². The molecule has 0 N–H and O–H groups in total. The predicted octanol–water partition coefficient (Wildman–Crippen LogP) is 5.99. The Bertz CT molecular complexity index is 1070. The number of halogens is 1. The van der Waals surface area contributed by atoms with Gasteiger partial charge in [0.2, 0.25) is 0 Å². The molecular formula is C24H27ClO3S. The van der Waals surface area contributed by atoms with Crippen LogP contribution in [0.1, 0.15) is 55.2 Å². The molecule has 0 aromatic heterocycles. The fourth-order valence-electron chi connectivity index (χ4n) is 6.33. The monoisotopic (exact) mass is 430 g/mol. The standard InChI is InChI=1S/C24H27ClO3S/c1-16-5-6-17(2)22-21(16)24(29(26,27)19-9-7-18(25)8-10-19)14-4-13-23(11-3-12-23)20(24)15-28-22/h5-10,20H,3-4,11-15H2,1-2H3/t20-,24-/m0/s1. The first-order valence-corrected chi connectivity index (χ1v) is 12.4. The van der Waals surface area contributed by atoms with Gasteiger partial charge in [-0.05, 0) is 80.3 Å². The fourth-order valence-corrected chi connectivity index (χ4v) is 9.00. The van der Waals surface area contributed by atoms with Gasteiger partial charge in [-0.25, -0.2) is 8.42 Å². The molecule has 154 valence electrons. The lowest BCUT2D eigenvalue weighted by atomic mass is 9.50. The lowest BCUT2D eigenvalue weighted by molar-refractivity contribution is -0.0534. The molecule has 2 aliphatic carbocycles. The van der Waals surface area contributed by atoms with E-state index in [1.807, 2.05) is 19.9 Å². The topological polar surface area (TPSA) is 43.4 Å². The van der Waals surface area contributed by atoms with Gasteiger partial charge in [-0.3, -0.25) is 0 Å². The number of fused-ring (bicyclic) bond motifs is 4. The number of aryl methyl sites for hydroxylation is 2. The van der Waals surface area contributed by atoms with Crippen LogP contribution in [0, 0.1) is 25.2 Å². The Morgan fingerprint density at radius 1 is 0.931 bits per heavy atom. The van der Waals surface area contributed by atoms with Crippen molar-refractivity contribution in [2.75, 3.05) is 6.61 Å². The van der Waals surface area contributed by atoms with E-state index >= 15 is 0 Å². The van der Waals surface area contributed by atoms with Gasteiger partial charge in [-0.1, -0.05) is 36.6 Å². The number of hydrogen-bond donors (Lipinski definition) is 0. The van der Waals surface area contributed by atoms with Gasteiger partial charge < -0.3 is 4.74 Å². The summed E-state index contributed by atoms with van der Waals surface area (Å²) < 4.78 is 34.2. The van der Waals surface area contributed by atoms with Crippen LogP contribution in [-0.4, -0.2) is 15.0 Å². The molecular weight excluding hydrogens is 404 g/mol. The van der Waals surface area contributed by atoms with Gasteiger partial charge in [-0.2, -0.15) is 0 Å². The lowest BCUT2D eigenvalue weighted by Gasteiger charge is -2.60. The minimum absolute atomic E-state index is 0.00817. The van der Waals surface area contributed by atoms with Gasteiger partial charge in [0, 0.05) is 16.5 Å². The Balaban J connectivity index is 1.82. The van der Waals surface area contributed by atoms with Crippen molar-refractivity contribution in [3.63, 3.8) is 0 Å². The van der Waals surface area contributed by atoms with Crippen LogP contribution in [0.5, 0.6) is 5.75 Å². The van der Waals surface area contributed by atoms with Crippen LogP contribution in [0.3, 0.4) is 0 Å². The number of benzene rings is 2. The van der Waals surface area contributed by atoms with Crippen molar-refractivity contribution in [1.82, 2.24) is 0 Å². The Labute approximate surface area is 178 Å². The average Bonchev–Trinajstić information content (AvgIpc) is 2.68. The highest BCUT2D eigenvalue weighted by molar-refractivity contribution is 7.92. The third kappa shape index (κ3) is 2.51. The highest BCUT2D eigenvalue weighted by Crippen LogP contribution is 2.66. The third-order valence-electron chi connectivity index (χ3n) is 7.86. The number of hydrogen-bond acceptors (Lipinski definition) is 3. The van der Waals surface area contributed by atoms with Crippen molar-refractivity contribution in [3.8, 4) is 5.75 Å². The van der Waals surface area contributed by atoms with E-state index in [9.17, 15) is 8.42 Å². The minimum atomic E-state index is -3.64. The van der Waals surface area contributed by atoms with E-state index in [0.29, 0.717) is 22.9 Å². The number of ether oxygens (including phenoxy) is 1. The molecule has 29 heavy (non-hydrogen) atoms. The largest absolute Gasteiger partial charge is 0.493 e. The average molecular weight is 431 g/mol. The molecule has 0 bridgehead atoms. The van der Waals surface area contributed by atoms with Crippen LogP contribution >= 0.6 is 11.6 Å². The summed E-state index contributed by atoms with van der Waals surface area (Å²) in [6.45, 7) is 4.54. The molecule has 5 rings (SSSR count). The van der Waals surface area contributed by atoms with Gasteiger partial charge in [0.1, 0.15) is 10.5 Å². The van der Waals surface area contributed by atoms with Crippen molar-refractivity contribution in [3.05, 3.63) is 58.1 Å². The summed E-state index contributed by atoms with van der Waals surface area (Å²) in [7, 11) is -3.64. The molecule has 2 saturated carbocycles. The first-order valence-electron chi connectivity index (χ1n) is 10.6. The molecule has 0 unspecified atom stereocenters. The summed E-state index contributed by atoms with van der Waals surface area (Å²) in [5.41, 5.74) is 3.04. The number of sulfone groups is 1. The van der Waals surface area contributed by atoms with Crippen molar-refractivity contribution in [1.29, 1.82) is 0 Å². The molecule has 2 atom stereocenters. The molecule has 0 radical (unpaired) electrons. The fraction of sp³-hybridized carbons (Fsp3) is 0.500. The van der Waals surface area contributed by atoms with Crippen LogP contribution < -0.4 is 4.74 Å². The van der Waals surface area contributed by atoms with Gasteiger partial charge in [0.25, 0.3) is 0 Å².